The van der Waals surface area contributed by atoms with E-state index in [9.17, 15) is 5.11 Å². The summed E-state index contributed by atoms with van der Waals surface area (Å²) < 4.78 is 0. The van der Waals surface area contributed by atoms with Crippen LogP contribution in [-0.4, -0.2) is 11.7 Å². The molecule has 0 fully saturated rings. The molecule has 0 aliphatic rings. The van der Waals surface area contributed by atoms with Gasteiger partial charge in [0.25, 0.3) is 0 Å². The van der Waals surface area contributed by atoms with Gasteiger partial charge in [-0.3, -0.25) is 0 Å². The maximum Gasteiger partial charge on any atom is 0.0875 e. The third kappa shape index (κ3) is 3.34. The van der Waals surface area contributed by atoms with Gasteiger partial charge in [0.1, 0.15) is 0 Å². The van der Waals surface area contributed by atoms with E-state index in [0.29, 0.717) is 6.54 Å². The lowest BCUT2D eigenvalue weighted by atomic mass is 9.84. The smallest absolute Gasteiger partial charge is 0.0875 e. The van der Waals surface area contributed by atoms with Crippen LogP contribution in [-0.2, 0) is 0 Å². The van der Waals surface area contributed by atoms with Crippen molar-refractivity contribution in [1.29, 1.82) is 0 Å². The van der Waals surface area contributed by atoms with E-state index in [1.807, 2.05) is 12.1 Å². The van der Waals surface area contributed by atoms with Gasteiger partial charge in [0.15, 0.2) is 0 Å². The van der Waals surface area contributed by atoms with Gasteiger partial charge in [0.2, 0.25) is 0 Å². The van der Waals surface area contributed by atoms with Crippen LogP contribution in [0.3, 0.4) is 0 Å². The first-order chi connectivity index (χ1) is 9.93. The molecule has 0 heterocycles. The summed E-state index contributed by atoms with van der Waals surface area (Å²) in [5, 5.41) is 10.9. The lowest BCUT2D eigenvalue weighted by Gasteiger charge is -2.26. The zero-order chi connectivity index (χ0) is 15.6. The highest BCUT2D eigenvalue weighted by atomic mass is 16.3. The molecule has 2 atom stereocenters. The second kappa shape index (κ2) is 6.42. The van der Waals surface area contributed by atoms with Gasteiger partial charge in [0.05, 0.1) is 6.10 Å². The average Bonchev–Trinajstić information content (AvgIpc) is 2.38. The molecule has 2 nitrogen and oxygen atoms in total. The molecular formula is C19H25NO. The fourth-order valence-corrected chi connectivity index (χ4v) is 3.21. The molecule has 0 bridgehead atoms. The first kappa shape index (κ1) is 15.7. The normalized spacial score (nSPS) is 14.0. The summed E-state index contributed by atoms with van der Waals surface area (Å²) in [4.78, 5) is 0. The number of aliphatic hydroxyl groups is 1. The zero-order valence-electron chi connectivity index (χ0n) is 13.4. The Kier molecular flexibility index (Phi) is 4.81. The van der Waals surface area contributed by atoms with E-state index in [2.05, 4.69) is 52.0 Å². The molecule has 21 heavy (non-hydrogen) atoms. The Balaban J connectivity index is 2.44. The van der Waals surface area contributed by atoms with Crippen LogP contribution < -0.4 is 5.73 Å². The van der Waals surface area contributed by atoms with Crippen LogP contribution in [0.4, 0.5) is 0 Å². The first-order valence-corrected chi connectivity index (χ1v) is 7.46. The number of rotatable bonds is 4. The van der Waals surface area contributed by atoms with Crippen LogP contribution in [0, 0.1) is 27.7 Å². The molecule has 2 unspecified atom stereocenters. The Morgan fingerprint density at radius 2 is 1.57 bits per heavy atom. The molecule has 0 spiro atoms. The summed E-state index contributed by atoms with van der Waals surface area (Å²) in [5.41, 5.74) is 12.8. The molecule has 2 aromatic carbocycles. The summed E-state index contributed by atoms with van der Waals surface area (Å²) in [5.74, 6) is -0.0787. The predicted octanol–water partition coefficient (Wildman–Crippen LogP) is 3.70. The van der Waals surface area contributed by atoms with Crippen LogP contribution in [0.25, 0.3) is 0 Å². The lowest BCUT2D eigenvalue weighted by Crippen LogP contribution is -2.21. The molecule has 3 N–H and O–H groups in total. The Labute approximate surface area is 127 Å². The van der Waals surface area contributed by atoms with Crippen LogP contribution in [0.5, 0.6) is 0 Å². The van der Waals surface area contributed by atoms with Gasteiger partial charge in [-0.05, 0) is 49.9 Å². The van der Waals surface area contributed by atoms with Crippen LogP contribution in [0.1, 0.15) is 45.4 Å². The molecule has 0 aliphatic carbocycles. The molecule has 0 saturated heterocycles. The Morgan fingerprint density at radius 3 is 2.10 bits per heavy atom. The second-order valence-electron chi connectivity index (χ2n) is 6.01. The van der Waals surface area contributed by atoms with E-state index in [-0.39, 0.29) is 5.92 Å². The Hall–Kier alpha value is -1.64. The summed E-state index contributed by atoms with van der Waals surface area (Å²) in [6.07, 6.45) is -0.572. The van der Waals surface area contributed by atoms with Crippen molar-refractivity contribution in [2.24, 2.45) is 5.73 Å². The van der Waals surface area contributed by atoms with Gasteiger partial charge >= 0.3 is 0 Å². The summed E-state index contributed by atoms with van der Waals surface area (Å²) in [7, 11) is 0. The topological polar surface area (TPSA) is 46.2 Å². The number of hydrogen-bond acceptors (Lipinski definition) is 2. The zero-order valence-corrected chi connectivity index (χ0v) is 13.4. The molecule has 0 radical (unpaired) electrons. The van der Waals surface area contributed by atoms with Crippen molar-refractivity contribution in [1.82, 2.24) is 0 Å². The maximum atomic E-state index is 10.9. The number of nitrogens with two attached hydrogens (primary N) is 1. The van der Waals surface area contributed by atoms with Crippen molar-refractivity contribution in [3.05, 3.63) is 69.8 Å². The van der Waals surface area contributed by atoms with E-state index in [0.717, 1.165) is 22.3 Å². The molecular weight excluding hydrogens is 258 g/mol. The minimum atomic E-state index is -0.572. The summed E-state index contributed by atoms with van der Waals surface area (Å²) in [6.45, 7) is 8.69. The Bertz CT molecular complexity index is 610. The quantitative estimate of drug-likeness (QED) is 0.899. The molecule has 2 aromatic rings. The van der Waals surface area contributed by atoms with Crippen molar-refractivity contribution in [2.45, 2.75) is 39.7 Å². The van der Waals surface area contributed by atoms with Crippen LogP contribution >= 0.6 is 0 Å². The summed E-state index contributed by atoms with van der Waals surface area (Å²) in [6, 6.07) is 12.5. The van der Waals surface area contributed by atoms with Crippen molar-refractivity contribution >= 4 is 0 Å². The summed E-state index contributed by atoms with van der Waals surface area (Å²) >= 11 is 0. The molecule has 0 saturated carbocycles. The number of aryl methyl sites for hydroxylation is 4. The van der Waals surface area contributed by atoms with E-state index in [1.54, 1.807) is 0 Å². The highest BCUT2D eigenvalue weighted by molar-refractivity contribution is 5.41. The van der Waals surface area contributed by atoms with Gasteiger partial charge in [-0.15, -0.1) is 0 Å². The van der Waals surface area contributed by atoms with Crippen molar-refractivity contribution in [2.75, 3.05) is 6.54 Å². The number of hydrogen-bond donors (Lipinski definition) is 2. The molecule has 0 aliphatic heterocycles. The van der Waals surface area contributed by atoms with Crippen molar-refractivity contribution in [3.63, 3.8) is 0 Å². The molecule has 2 heteroatoms. The molecule has 112 valence electrons. The fraction of sp³-hybridized carbons (Fsp3) is 0.368. The minimum Gasteiger partial charge on any atom is -0.388 e. The maximum absolute atomic E-state index is 10.9. The number of aliphatic hydroxyl groups excluding tert-OH is 1. The predicted molar refractivity (Wildman–Crippen MR) is 88.6 cm³/mol. The largest absolute Gasteiger partial charge is 0.388 e. The Morgan fingerprint density at radius 1 is 0.952 bits per heavy atom. The third-order valence-corrected chi connectivity index (χ3v) is 4.14. The van der Waals surface area contributed by atoms with E-state index >= 15 is 0 Å². The second-order valence-corrected chi connectivity index (χ2v) is 6.01. The van der Waals surface area contributed by atoms with Crippen molar-refractivity contribution < 1.29 is 5.11 Å². The lowest BCUT2D eigenvalue weighted by molar-refractivity contribution is 0.146. The molecule has 0 aromatic heterocycles. The van der Waals surface area contributed by atoms with E-state index in [4.69, 9.17) is 5.73 Å². The van der Waals surface area contributed by atoms with Gasteiger partial charge in [-0.2, -0.15) is 0 Å². The average molecular weight is 283 g/mol. The third-order valence-electron chi connectivity index (χ3n) is 4.14. The molecule has 0 amide bonds. The van der Waals surface area contributed by atoms with Crippen LogP contribution in [0.2, 0.25) is 0 Å². The van der Waals surface area contributed by atoms with E-state index < -0.39 is 6.10 Å². The number of benzene rings is 2. The van der Waals surface area contributed by atoms with Crippen LogP contribution in [0.15, 0.2) is 36.4 Å². The van der Waals surface area contributed by atoms with E-state index in [1.165, 1.54) is 11.1 Å². The first-order valence-electron chi connectivity index (χ1n) is 7.46. The van der Waals surface area contributed by atoms with Gasteiger partial charge in [-0.1, -0.05) is 47.5 Å². The van der Waals surface area contributed by atoms with Gasteiger partial charge in [0, 0.05) is 12.5 Å². The van der Waals surface area contributed by atoms with Crippen molar-refractivity contribution in [3.8, 4) is 0 Å². The van der Waals surface area contributed by atoms with Gasteiger partial charge < -0.3 is 10.8 Å². The fourth-order valence-electron chi connectivity index (χ4n) is 3.21. The highest BCUT2D eigenvalue weighted by Gasteiger charge is 2.24. The standard InChI is InChI=1S/C19H25NO/c1-12-6-5-7-16(10-12)17(11-20)19(21)18-14(3)8-13(2)9-15(18)4/h5-10,17,19,21H,11,20H2,1-4H3. The monoisotopic (exact) mass is 283 g/mol. The highest BCUT2D eigenvalue weighted by Crippen LogP contribution is 2.34. The minimum absolute atomic E-state index is 0.0787. The van der Waals surface area contributed by atoms with Gasteiger partial charge in [-0.25, -0.2) is 0 Å². The molecule has 2 rings (SSSR count). The SMILES string of the molecule is Cc1cccc(C(CN)C(O)c2c(C)cc(C)cc2C)c1.